The van der Waals surface area contributed by atoms with Crippen molar-refractivity contribution in [2.45, 2.75) is 19.7 Å². The Morgan fingerprint density at radius 1 is 0.667 bits per heavy atom. The molecule has 18 heavy (non-hydrogen) atoms. The van der Waals surface area contributed by atoms with E-state index in [1.807, 2.05) is 54.6 Å². The first-order valence-corrected chi connectivity index (χ1v) is 5.93. The molecule has 0 aliphatic heterocycles. The highest BCUT2D eigenvalue weighted by molar-refractivity contribution is 5.21. The molecule has 96 valence electrons. The second-order valence-corrected chi connectivity index (χ2v) is 3.87. The zero-order valence-electron chi connectivity index (χ0n) is 10.4. The topological polar surface area (TPSA) is 72.3 Å². The maximum Gasteiger partial charge on any atom is 0.0681 e. The normalized spacial score (nSPS) is 9.50. The third kappa shape index (κ3) is 5.10. The van der Waals surface area contributed by atoms with Gasteiger partial charge < -0.3 is 16.6 Å². The first-order valence-electron chi connectivity index (χ1n) is 5.93. The van der Waals surface area contributed by atoms with Crippen LogP contribution in [-0.2, 0) is 19.7 Å². The summed E-state index contributed by atoms with van der Waals surface area (Å²) in [5, 5.41) is 8.67. The lowest BCUT2D eigenvalue weighted by atomic mass is 10.1. The maximum atomic E-state index is 8.67. The van der Waals surface area contributed by atoms with Gasteiger partial charge in [0.25, 0.3) is 0 Å². The van der Waals surface area contributed by atoms with Crippen LogP contribution in [0.25, 0.3) is 0 Å². The van der Waals surface area contributed by atoms with E-state index in [-0.39, 0.29) is 6.61 Å². The van der Waals surface area contributed by atoms with Crippen molar-refractivity contribution in [2.24, 2.45) is 11.5 Å². The van der Waals surface area contributed by atoms with Gasteiger partial charge in [0, 0.05) is 13.1 Å². The van der Waals surface area contributed by atoms with E-state index < -0.39 is 0 Å². The van der Waals surface area contributed by atoms with E-state index in [1.54, 1.807) is 0 Å². The Hall–Kier alpha value is -1.68. The van der Waals surface area contributed by atoms with Gasteiger partial charge in [0.15, 0.2) is 0 Å². The van der Waals surface area contributed by atoms with Crippen LogP contribution in [0.15, 0.2) is 54.6 Å². The minimum absolute atomic E-state index is 0.102. The molecular formula is C15H20N2O. The summed E-state index contributed by atoms with van der Waals surface area (Å²) in [5.74, 6) is 0. The predicted molar refractivity (Wildman–Crippen MR) is 74.6 cm³/mol. The van der Waals surface area contributed by atoms with Crippen molar-refractivity contribution in [3.63, 3.8) is 0 Å². The Morgan fingerprint density at radius 2 is 1.11 bits per heavy atom. The van der Waals surface area contributed by atoms with Crippen LogP contribution < -0.4 is 11.5 Å². The molecule has 0 aliphatic carbocycles. The summed E-state index contributed by atoms with van der Waals surface area (Å²) < 4.78 is 0. The fourth-order valence-electron chi connectivity index (χ4n) is 1.39. The Balaban J connectivity index is 0.000000184. The van der Waals surface area contributed by atoms with E-state index >= 15 is 0 Å². The monoisotopic (exact) mass is 244 g/mol. The Bertz CT molecular complexity index is 403. The molecule has 2 aromatic carbocycles. The average molecular weight is 244 g/mol. The molecule has 3 nitrogen and oxygen atoms in total. The molecule has 0 saturated heterocycles. The van der Waals surface area contributed by atoms with Crippen molar-refractivity contribution in [1.82, 2.24) is 0 Å². The molecule has 2 rings (SSSR count). The van der Waals surface area contributed by atoms with Crippen molar-refractivity contribution in [3.05, 3.63) is 71.3 Å². The Labute approximate surface area is 108 Å². The quantitative estimate of drug-likeness (QED) is 0.770. The van der Waals surface area contributed by atoms with Crippen LogP contribution in [0.3, 0.4) is 0 Å². The zero-order valence-corrected chi connectivity index (χ0v) is 10.4. The highest BCUT2D eigenvalue weighted by Crippen LogP contribution is 2.02. The van der Waals surface area contributed by atoms with E-state index in [4.69, 9.17) is 16.6 Å². The van der Waals surface area contributed by atoms with Crippen LogP contribution in [0.1, 0.15) is 16.7 Å². The second kappa shape index (κ2) is 8.42. The molecule has 3 heteroatoms. The number of aliphatic hydroxyl groups excluding tert-OH is 1. The van der Waals surface area contributed by atoms with Gasteiger partial charge >= 0.3 is 0 Å². The SMILES string of the molecule is NCc1ccc(CO)cc1.NCc1ccccc1. The molecule has 0 heterocycles. The summed E-state index contributed by atoms with van der Waals surface area (Å²) in [4.78, 5) is 0. The lowest BCUT2D eigenvalue weighted by molar-refractivity contribution is 0.282. The Kier molecular flexibility index (Phi) is 6.72. The molecule has 0 bridgehead atoms. The Morgan fingerprint density at radius 3 is 1.50 bits per heavy atom. The van der Waals surface area contributed by atoms with E-state index in [1.165, 1.54) is 5.56 Å². The molecule has 0 spiro atoms. The van der Waals surface area contributed by atoms with Crippen molar-refractivity contribution >= 4 is 0 Å². The minimum atomic E-state index is 0.102. The van der Waals surface area contributed by atoms with Crippen LogP contribution in [0, 0.1) is 0 Å². The number of benzene rings is 2. The summed E-state index contributed by atoms with van der Waals surface area (Å²) in [6.07, 6.45) is 0. The number of aliphatic hydroxyl groups is 1. The van der Waals surface area contributed by atoms with Crippen molar-refractivity contribution in [1.29, 1.82) is 0 Å². The average Bonchev–Trinajstić information content (AvgIpc) is 2.49. The second-order valence-electron chi connectivity index (χ2n) is 3.87. The summed E-state index contributed by atoms with van der Waals surface area (Å²) in [5.41, 5.74) is 13.9. The molecule has 5 N–H and O–H groups in total. The van der Waals surface area contributed by atoms with Gasteiger partial charge in [-0.1, -0.05) is 54.6 Å². The molecule has 0 aromatic heterocycles. The molecule has 0 saturated carbocycles. The summed E-state index contributed by atoms with van der Waals surface area (Å²) >= 11 is 0. The summed E-state index contributed by atoms with van der Waals surface area (Å²) in [6, 6.07) is 17.6. The van der Waals surface area contributed by atoms with Gasteiger partial charge in [-0.25, -0.2) is 0 Å². The lowest BCUT2D eigenvalue weighted by Gasteiger charge is -1.97. The lowest BCUT2D eigenvalue weighted by Crippen LogP contribution is -1.95. The molecule has 2 aromatic rings. The van der Waals surface area contributed by atoms with Gasteiger partial charge in [0.05, 0.1) is 6.61 Å². The fraction of sp³-hybridized carbons (Fsp3) is 0.200. The van der Waals surface area contributed by atoms with Crippen LogP contribution in [0.5, 0.6) is 0 Å². The van der Waals surface area contributed by atoms with Crippen molar-refractivity contribution in [3.8, 4) is 0 Å². The molecule has 0 unspecified atom stereocenters. The first kappa shape index (κ1) is 14.4. The largest absolute Gasteiger partial charge is 0.392 e. The van der Waals surface area contributed by atoms with Crippen molar-refractivity contribution in [2.75, 3.05) is 0 Å². The van der Waals surface area contributed by atoms with Crippen LogP contribution in [0.4, 0.5) is 0 Å². The number of hydrogen-bond acceptors (Lipinski definition) is 3. The van der Waals surface area contributed by atoms with E-state index in [0.29, 0.717) is 13.1 Å². The van der Waals surface area contributed by atoms with E-state index in [0.717, 1.165) is 11.1 Å². The summed E-state index contributed by atoms with van der Waals surface area (Å²) in [7, 11) is 0. The number of hydrogen-bond donors (Lipinski definition) is 3. The van der Waals surface area contributed by atoms with Gasteiger partial charge in [-0.05, 0) is 16.7 Å². The highest BCUT2D eigenvalue weighted by atomic mass is 16.3. The van der Waals surface area contributed by atoms with Gasteiger partial charge in [0.2, 0.25) is 0 Å². The molecule has 0 fully saturated rings. The van der Waals surface area contributed by atoms with Crippen LogP contribution in [0.2, 0.25) is 0 Å². The minimum Gasteiger partial charge on any atom is -0.392 e. The molecular weight excluding hydrogens is 224 g/mol. The number of nitrogens with two attached hydrogens (primary N) is 2. The van der Waals surface area contributed by atoms with Crippen molar-refractivity contribution < 1.29 is 5.11 Å². The molecule has 0 amide bonds. The third-order valence-electron chi connectivity index (χ3n) is 2.52. The van der Waals surface area contributed by atoms with E-state index in [2.05, 4.69) is 0 Å². The standard InChI is InChI=1S/C8H11NO.C7H9N/c9-5-7-1-3-8(6-10)4-2-7;8-6-7-4-2-1-3-5-7/h1-4,10H,5-6,9H2;1-5H,6,8H2. The maximum absolute atomic E-state index is 8.67. The fourth-order valence-corrected chi connectivity index (χ4v) is 1.39. The third-order valence-corrected chi connectivity index (χ3v) is 2.52. The highest BCUT2D eigenvalue weighted by Gasteiger charge is 1.89. The van der Waals surface area contributed by atoms with Gasteiger partial charge in [-0.2, -0.15) is 0 Å². The first-order chi connectivity index (χ1) is 8.80. The van der Waals surface area contributed by atoms with Crippen LogP contribution in [-0.4, -0.2) is 5.11 Å². The summed E-state index contributed by atoms with van der Waals surface area (Å²) in [6.45, 7) is 1.30. The van der Waals surface area contributed by atoms with Gasteiger partial charge in [-0.15, -0.1) is 0 Å². The van der Waals surface area contributed by atoms with Gasteiger partial charge in [-0.3, -0.25) is 0 Å². The van der Waals surface area contributed by atoms with Gasteiger partial charge in [0.1, 0.15) is 0 Å². The smallest absolute Gasteiger partial charge is 0.0681 e. The number of rotatable bonds is 3. The molecule has 0 radical (unpaired) electrons. The molecule has 0 atom stereocenters. The molecule has 0 aliphatic rings. The van der Waals surface area contributed by atoms with E-state index in [9.17, 15) is 0 Å². The predicted octanol–water partition coefficient (Wildman–Crippen LogP) is 1.78. The van der Waals surface area contributed by atoms with Crippen LogP contribution >= 0.6 is 0 Å². The zero-order chi connectivity index (χ0) is 13.2.